The molecule has 0 aliphatic carbocycles. The molecule has 156 valence electrons. The number of aromatic nitrogens is 4. The molecule has 0 unspecified atom stereocenters. The second-order valence-electron chi connectivity index (χ2n) is 7.75. The van der Waals surface area contributed by atoms with Crippen molar-refractivity contribution in [3.8, 4) is 0 Å². The second-order valence-corrected chi connectivity index (χ2v) is 7.75. The van der Waals surface area contributed by atoms with E-state index in [-0.39, 0.29) is 17.9 Å². The highest BCUT2D eigenvalue weighted by atomic mass is 16.2. The van der Waals surface area contributed by atoms with E-state index in [0.29, 0.717) is 44.4 Å². The fourth-order valence-corrected chi connectivity index (χ4v) is 3.82. The molecule has 8 heteroatoms. The summed E-state index contributed by atoms with van der Waals surface area (Å²) in [5, 5.41) is 0. The van der Waals surface area contributed by atoms with Gasteiger partial charge in [-0.15, -0.1) is 0 Å². The van der Waals surface area contributed by atoms with Crippen molar-refractivity contribution < 1.29 is 4.79 Å². The molecule has 0 spiro atoms. The quantitative estimate of drug-likeness (QED) is 0.658. The van der Waals surface area contributed by atoms with Crippen LogP contribution in [0.3, 0.4) is 0 Å². The molecule has 1 amide bonds. The van der Waals surface area contributed by atoms with Gasteiger partial charge < -0.3 is 14.4 Å². The lowest BCUT2D eigenvalue weighted by Crippen LogP contribution is -2.49. The SMILES string of the molecule is Cc1cc2nc(C)c(=O)n(CCC(=O)N3CCN(c4ncccn4)CC3)c2cc1C. The summed E-state index contributed by atoms with van der Waals surface area (Å²) < 4.78 is 1.69. The predicted octanol–water partition coefficient (Wildman–Crippen LogP) is 1.85. The summed E-state index contributed by atoms with van der Waals surface area (Å²) in [4.78, 5) is 42.5. The Hall–Kier alpha value is -3.29. The number of carbonyl (C=O) groups is 1. The Kier molecular flexibility index (Phi) is 5.48. The Balaban J connectivity index is 1.46. The number of hydrogen-bond donors (Lipinski definition) is 0. The molecule has 1 fully saturated rings. The third kappa shape index (κ3) is 3.90. The highest BCUT2D eigenvalue weighted by Gasteiger charge is 2.22. The molecule has 0 radical (unpaired) electrons. The topological polar surface area (TPSA) is 84.2 Å². The third-order valence-corrected chi connectivity index (χ3v) is 5.74. The van der Waals surface area contributed by atoms with Crippen LogP contribution in [0, 0.1) is 20.8 Å². The number of nitrogens with zero attached hydrogens (tertiary/aromatic N) is 6. The number of aryl methyl sites for hydroxylation is 4. The van der Waals surface area contributed by atoms with Gasteiger partial charge in [0.2, 0.25) is 11.9 Å². The molecule has 0 atom stereocenters. The Morgan fingerprint density at radius 3 is 2.37 bits per heavy atom. The number of carbonyl (C=O) groups excluding carboxylic acids is 1. The molecule has 4 rings (SSSR count). The van der Waals surface area contributed by atoms with Gasteiger partial charge in [-0.25, -0.2) is 15.0 Å². The van der Waals surface area contributed by atoms with Gasteiger partial charge in [-0.3, -0.25) is 9.59 Å². The summed E-state index contributed by atoms with van der Waals surface area (Å²) in [5.74, 6) is 0.752. The van der Waals surface area contributed by atoms with Gasteiger partial charge in [-0.05, 0) is 50.1 Å². The van der Waals surface area contributed by atoms with Gasteiger partial charge in [-0.2, -0.15) is 0 Å². The predicted molar refractivity (Wildman–Crippen MR) is 116 cm³/mol. The van der Waals surface area contributed by atoms with Crippen molar-refractivity contribution in [2.24, 2.45) is 0 Å². The largest absolute Gasteiger partial charge is 0.339 e. The molecule has 3 aromatic rings. The van der Waals surface area contributed by atoms with Crippen LogP contribution in [0.1, 0.15) is 23.2 Å². The number of anilines is 1. The minimum absolute atomic E-state index is 0.0574. The van der Waals surface area contributed by atoms with E-state index in [1.807, 2.05) is 30.9 Å². The number of amides is 1. The summed E-state index contributed by atoms with van der Waals surface area (Å²) in [7, 11) is 0. The number of rotatable bonds is 4. The van der Waals surface area contributed by atoms with Gasteiger partial charge in [0, 0.05) is 51.5 Å². The average Bonchev–Trinajstić information content (AvgIpc) is 2.76. The maximum atomic E-state index is 12.8. The second kappa shape index (κ2) is 8.22. The number of piperazine rings is 1. The smallest absolute Gasteiger partial charge is 0.272 e. The van der Waals surface area contributed by atoms with Crippen LogP contribution in [0.4, 0.5) is 5.95 Å². The fraction of sp³-hybridized carbons (Fsp3) is 0.409. The molecular weight excluding hydrogens is 380 g/mol. The lowest BCUT2D eigenvalue weighted by Gasteiger charge is -2.34. The Labute approximate surface area is 175 Å². The van der Waals surface area contributed by atoms with Gasteiger partial charge >= 0.3 is 0 Å². The van der Waals surface area contributed by atoms with E-state index in [9.17, 15) is 9.59 Å². The minimum Gasteiger partial charge on any atom is -0.339 e. The van der Waals surface area contributed by atoms with Crippen molar-refractivity contribution in [1.29, 1.82) is 0 Å². The van der Waals surface area contributed by atoms with Crippen molar-refractivity contribution in [2.45, 2.75) is 33.7 Å². The molecule has 1 aromatic carbocycles. The van der Waals surface area contributed by atoms with E-state index >= 15 is 0 Å². The van der Waals surface area contributed by atoms with Crippen molar-refractivity contribution >= 4 is 22.9 Å². The Bertz CT molecular complexity index is 1130. The Morgan fingerprint density at radius 2 is 1.67 bits per heavy atom. The maximum absolute atomic E-state index is 12.8. The van der Waals surface area contributed by atoms with E-state index < -0.39 is 0 Å². The Morgan fingerprint density at radius 1 is 1.00 bits per heavy atom. The first-order valence-corrected chi connectivity index (χ1v) is 10.2. The number of fused-ring (bicyclic) bond motifs is 1. The van der Waals surface area contributed by atoms with Crippen molar-refractivity contribution in [2.75, 3.05) is 31.1 Å². The molecule has 2 aromatic heterocycles. The minimum atomic E-state index is -0.135. The molecule has 1 saturated heterocycles. The molecule has 0 N–H and O–H groups in total. The van der Waals surface area contributed by atoms with Crippen LogP contribution in [0.5, 0.6) is 0 Å². The van der Waals surface area contributed by atoms with Gasteiger partial charge in [-0.1, -0.05) is 0 Å². The van der Waals surface area contributed by atoms with Crippen LogP contribution in [-0.2, 0) is 11.3 Å². The van der Waals surface area contributed by atoms with Crippen molar-refractivity contribution in [1.82, 2.24) is 24.4 Å². The van der Waals surface area contributed by atoms with E-state index in [1.54, 1.807) is 30.0 Å². The van der Waals surface area contributed by atoms with E-state index in [1.165, 1.54) is 0 Å². The first-order valence-electron chi connectivity index (χ1n) is 10.2. The zero-order chi connectivity index (χ0) is 21.3. The first kappa shape index (κ1) is 20.0. The molecular formula is C22H26N6O2. The highest BCUT2D eigenvalue weighted by molar-refractivity contribution is 5.78. The molecule has 3 heterocycles. The summed E-state index contributed by atoms with van der Waals surface area (Å²) in [6.45, 7) is 8.77. The van der Waals surface area contributed by atoms with Crippen LogP contribution in [0.25, 0.3) is 11.0 Å². The molecule has 8 nitrogen and oxygen atoms in total. The van der Waals surface area contributed by atoms with Crippen LogP contribution in [0.15, 0.2) is 35.4 Å². The van der Waals surface area contributed by atoms with Crippen LogP contribution >= 0.6 is 0 Å². The molecule has 1 aliphatic heterocycles. The van der Waals surface area contributed by atoms with E-state index in [4.69, 9.17) is 0 Å². The zero-order valence-electron chi connectivity index (χ0n) is 17.6. The molecule has 1 aliphatic rings. The number of benzene rings is 1. The van der Waals surface area contributed by atoms with Gasteiger partial charge in [0.1, 0.15) is 5.69 Å². The van der Waals surface area contributed by atoms with Gasteiger partial charge in [0.15, 0.2) is 0 Å². The normalized spacial score (nSPS) is 14.4. The maximum Gasteiger partial charge on any atom is 0.272 e. The van der Waals surface area contributed by atoms with Gasteiger partial charge in [0.25, 0.3) is 5.56 Å². The summed E-state index contributed by atoms with van der Waals surface area (Å²) in [6.07, 6.45) is 3.73. The number of hydrogen-bond acceptors (Lipinski definition) is 6. The van der Waals surface area contributed by atoms with Gasteiger partial charge in [0.05, 0.1) is 11.0 Å². The summed E-state index contributed by atoms with van der Waals surface area (Å²) in [5.41, 5.74) is 4.13. The van der Waals surface area contributed by atoms with E-state index in [2.05, 4.69) is 19.9 Å². The summed E-state index contributed by atoms with van der Waals surface area (Å²) >= 11 is 0. The molecule has 30 heavy (non-hydrogen) atoms. The molecule has 0 bridgehead atoms. The average molecular weight is 406 g/mol. The van der Waals surface area contributed by atoms with Crippen LogP contribution < -0.4 is 10.5 Å². The van der Waals surface area contributed by atoms with Crippen molar-refractivity contribution in [3.05, 3.63) is 57.8 Å². The lowest BCUT2D eigenvalue weighted by atomic mass is 10.1. The fourth-order valence-electron chi connectivity index (χ4n) is 3.82. The standard InChI is InChI=1S/C22H26N6O2/c1-15-13-18-19(14-16(15)2)28(21(30)17(3)25-18)8-5-20(29)26-9-11-27(12-10-26)22-23-6-4-7-24-22/h4,6-7,13-14H,5,8-12H2,1-3H3. The monoisotopic (exact) mass is 406 g/mol. The van der Waals surface area contributed by atoms with Crippen molar-refractivity contribution in [3.63, 3.8) is 0 Å². The lowest BCUT2D eigenvalue weighted by molar-refractivity contribution is -0.131. The first-order chi connectivity index (χ1) is 14.4. The highest BCUT2D eigenvalue weighted by Crippen LogP contribution is 2.18. The summed E-state index contributed by atoms with van der Waals surface area (Å²) in [6, 6.07) is 5.78. The van der Waals surface area contributed by atoms with Crippen LogP contribution in [0.2, 0.25) is 0 Å². The molecule has 0 saturated carbocycles. The third-order valence-electron chi connectivity index (χ3n) is 5.74. The van der Waals surface area contributed by atoms with Crippen LogP contribution in [-0.4, -0.2) is 56.5 Å². The zero-order valence-corrected chi connectivity index (χ0v) is 17.6. The van der Waals surface area contributed by atoms with E-state index in [0.717, 1.165) is 22.2 Å².